The van der Waals surface area contributed by atoms with E-state index in [1.807, 2.05) is 0 Å². The number of nitrogens with one attached hydrogen (secondary N) is 1. The van der Waals surface area contributed by atoms with Crippen LogP contribution in [0.3, 0.4) is 0 Å². The molecule has 0 saturated carbocycles. The molecule has 0 radical (unpaired) electrons. The van der Waals surface area contributed by atoms with Gasteiger partial charge in [-0.05, 0) is 49.4 Å². The van der Waals surface area contributed by atoms with E-state index in [1.54, 1.807) is 34.4 Å². The lowest BCUT2D eigenvalue weighted by Gasteiger charge is -1.98. The molecule has 3 nitrogen and oxygen atoms in total. The van der Waals surface area contributed by atoms with Gasteiger partial charge in [-0.3, -0.25) is 0 Å². The maximum Gasteiger partial charge on any atom is 0.190 e. The molecule has 2 aromatic carbocycles. The molecule has 2 heterocycles. The number of fused-ring (bicyclic) bond motifs is 2. The van der Waals surface area contributed by atoms with Crippen LogP contribution in [0, 0.1) is 13.8 Å². The van der Waals surface area contributed by atoms with Crippen LogP contribution < -0.4 is 5.32 Å². The Morgan fingerprint density at radius 2 is 1.61 bits per heavy atom. The van der Waals surface area contributed by atoms with Gasteiger partial charge in [-0.15, -0.1) is 11.8 Å². The van der Waals surface area contributed by atoms with E-state index in [0.29, 0.717) is 0 Å². The van der Waals surface area contributed by atoms with Gasteiger partial charge in [0.15, 0.2) is 10.3 Å². The summed E-state index contributed by atoms with van der Waals surface area (Å²) < 4.78 is 2.41. The van der Waals surface area contributed by atoms with Crippen molar-refractivity contribution < 1.29 is 0 Å². The molecular weight excluding hydrogens is 342 g/mol. The van der Waals surface area contributed by atoms with E-state index in [2.05, 4.69) is 55.8 Å². The summed E-state index contributed by atoms with van der Waals surface area (Å²) in [4.78, 5) is 10.7. The summed E-state index contributed by atoms with van der Waals surface area (Å²) in [7, 11) is 0. The molecule has 0 bridgehead atoms. The van der Waals surface area contributed by atoms with Crippen LogP contribution in [0.4, 0.5) is 10.3 Å². The molecule has 0 aliphatic carbocycles. The molecule has 4 rings (SSSR count). The average Bonchev–Trinajstić information content (AvgIpc) is 3.14. The predicted octanol–water partition coefficient (Wildman–Crippen LogP) is 5.99. The molecule has 2 aromatic heterocycles. The Labute approximate surface area is 146 Å². The van der Waals surface area contributed by atoms with Gasteiger partial charge < -0.3 is 5.32 Å². The number of aryl methyl sites for hydroxylation is 2. The maximum atomic E-state index is 4.75. The Hall–Kier alpha value is -1.63. The molecule has 0 amide bonds. The molecule has 0 unspecified atom stereocenters. The minimum Gasteiger partial charge on any atom is -0.307 e. The topological polar surface area (TPSA) is 37.8 Å². The molecule has 0 spiro atoms. The number of nitrogens with zero attached hydrogens (tertiary/aromatic N) is 2. The molecule has 0 aliphatic rings. The molecule has 0 fully saturated rings. The Kier molecular flexibility index (Phi) is 3.75. The van der Waals surface area contributed by atoms with Crippen LogP contribution in [0.25, 0.3) is 20.4 Å². The van der Waals surface area contributed by atoms with Gasteiger partial charge in [0.05, 0.1) is 20.4 Å². The van der Waals surface area contributed by atoms with Gasteiger partial charge in [-0.1, -0.05) is 34.8 Å². The van der Waals surface area contributed by atoms with Crippen LogP contribution in [0.2, 0.25) is 0 Å². The van der Waals surface area contributed by atoms with Gasteiger partial charge in [0.1, 0.15) is 0 Å². The fourth-order valence-electron chi connectivity index (χ4n) is 2.51. The monoisotopic (exact) mass is 357 g/mol. The smallest absolute Gasteiger partial charge is 0.190 e. The normalized spacial score (nSPS) is 11.4. The largest absolute Gasteiger partial charge is 0.307 e. The summed E-state index contributed by atoms with van der Waals surface area (Å²) in [5, 5.41) is 5.19. The molecule has 6 heteroatoms. The number of hydrogen-bond acceptors (Lipinski definition) is 6. The van der Waals surface area contributed by atoms with E-state index >= 15 is 0 Å². The number of thiazole rings is 2. The Balaban J connectivity index is 1.74. The SMILES string of the molecule is CSc1cccc2sc(Nc3nc4c(C)c(C)ccc4s3)nc12. The van der Waals surface area contributed by atoms with E-state index < -0.39 is 0 Å². The molecule has 4 aromatic rings. The first kappa shape index (κ1) is 14.9. The van der Waals surface area contributed by atoms with Crippen LogP contribution in [0.5, 0.6) is 0 Å². The third-order valence-corrected chi connectivity index (χ3v) is 6.54. The van der Waals surface area contributed by atoms with Crippen LogP contribution in [-0.2, 0) is 0 Å². The molecule has 0 saturated heterocycles. The summed E-state index contributed by atoms with van der Waals surface area (Å²) in [5.41, 5.74) is 4.68. The van der Waals surface area contributed by atoms with Crippen LogP contribution in [-0.4, -0.2) is 16.2 Å². The number of anilines is 2. The second kappa shape index (κ2) is 5.78. The van der Waals surface area contributed by atoms with Crippen LogP contribution >= 0.6 is 34.4 Å². The standard InChI is InChI=1S/C17H15N3S3/c1-9-7-8-13-14(10(9)2)18-16(23-13)20-17-19-15-11(21-3)5-4-6-12(15)22-17/h4-8H,1-3H3,(H,18,19,20). The molecular formula is C17H15N3S3. The van der Waals surface area contributed by atoms with E-state index in [-0.39, 0.29) is 0 Å². The first-order valence-electron chi connectivity index (χ1n) is 7.23. The Morgan fingerprint density at radius 1 is 0.913 bits per heavy atom. The number of rotatable bonds is 3. The number of para-hydroxylation sites is 1. The number of aromatic nitrogens is 2. The Morgan fingerprint density at radius 3 is 2.35 bits per heavy atom. The zero-order chi connectivity index (χ0) is 16.0. The number of benzene rings is 2. The molecule has 0 aliphatic heterocycles. The highest BCUT2D eigenvalue weighted by Crippen LogP contribution is 2.36. The van der Waals surface area contributed by atoms with Crippen LogP contribution in [0.15, 0.2) is 35.2 Å². The summed E-state index contributed by atoms with van der Waals surface area (Å²) in [6.07, 6.45) is 2.08. The predicted molar refractivity (Wildman–Crippen MR) is 104 cm³/mol. The van der Waals surface area contributed by atoms with Crippen molar-refractivity contribution in [3.63, 3.8) is 0 Å². The summed E-state index contributed by atoms with van der Waals surface area (Å²) >= 11 is 5.07. The third-order valence-electron chi connectivity index (χ3n) is 3.90. The van der Waals surface area contributed by atoms with Gasteiger partial charge >= 0.3 is 0 Å². The quantitative estimate of drug-likeness (QED) is 0.457. The van der Waals surface area contributed by atoms with E-state index in [9.17, 15) is 0 Å². The lowest BCUT2D eigenvalue weighted by molar-refractivity contribution is 1.33. The number of hydrogen-bond donors (Lipinski definition) is 1. The van der Waals surface area contributed by atoms with Crippen molar-refractivity contribution in [2.24, 2.45) is 0 Å². The van der Waals surface area contributed by atoms with Crippen molar-refractivity contribution in [1.29, 1.82) is 0 Å². The zero-order valence-corrected chi connectivity index (χ0v) is 15.5. The van der Waals surface area contributed by atoms with Gasteiger partial charge in [0.2, 0.25) is 0 Å². The van der Waals surface area contributed by atoms with Crippen molar-refractivity contribution in [2.45, 2.75) is 18.7 Å². The van der Waals surface area contributed by atoms with E-state index in [1.165, 1.54) is 25.4 Å². The van der Waals surface area contributed by atoms with Crippen molar-refractivity contribution in [3.8, 4) is 0 Å². The summed E-state index contributed by atoms with van der Waals surface area (Å²) in [5.74, 6) is 0. The van der Waals surface area contributed by atoms with Gasteiger partial charge in [-0.25, -0.2) is 9.97 Å². The first-order valence-corrected chi connectivity index (χ1v) is 10.1. The fourth-order valence-corrected chi connectivity index (χ4v) is 5.02. The lowest BCUT2D eigenvalue weighted by atomic mass is 10.1. The molecule has 23 heavy (non-hydrogen) atoms. The highest BCUT2D eigenvalue weighted by atomic mass is 32.2. The van der Waals surface area contributed by atoms with Crippen LogP contribution in [0.1, 0.15) is 11.1 Å². The average molecular weight is 358 g/mol. The second-order valence-electron chi connectivity index (χ2n) is 5.32. The summed E-state index contributed by atoms with van der Waals surface area (Å²) in [6, 6.07) is 10.6. The fraction of sp³-hybridized carbons (Fsp3) is 0.176. The molecule has 116 valence electrons. The molecule has 1 N–H and O–H groups in total. The zero-order valence-electron chi connectivity index (χ0n) is 13.0. The number of thioether (sulfide) groups is 1. The highest BCUT2D eigenvalue weighted by Gasteiger charge is 2.11. The minimum absolute atomic E-state index is 0.898. The van der Waals surface area contributed by atoms with Crippen molar-refractivity contribution >= 4 is 65.1 Å². The second-order valence-corrected chi connectivity index (χ2v) is 8.23. The highest BCUT2D eigenvalue weighted by molar-refractivity contribution is 7.98. The van der Waals surface area contributed by atoms with Crippen molar-refractivity contribution in [1.82, 2.24) is 9.97 Å². The maximum absolute atomic E-state index is 4.75. The first-order chi connectivity index (χ1) is 11.2. The Bertz CT molecular complexity index is 1020. The van der Waals surface area contributed by atoms with E-state index in [0.717, 1.165) is 21.3 Å². The minimum atomic E-state index is 0.898. The van der Waals surface area contributed by atoms with Gasteiger partial charge in [0, 0.05) is 4.90 Å². The van der Waals surface area contributed by atoms with Crippen molar-refractivity contribution in [2.75, 3.05) is 11.6 Å². The summed E-state index contributed by atoms with van der Waals surface area (Å²) in [6.45, 7) is 4.25. The third kappa shape index (κ3) is 2.60. The van der Waals surface area contributed by atoms with Gasteiger partial charge in [0.25, 0.3) is 0 Å². The van der Waals surface area contributed by atoms with Gasteiger partial charge in [-0.2, -0.15) is 0 Å². The van der Waals surface area contributed by atoms with E-state index in [4.69, 9.17) is 9.97 Å². The van der Waals surface area contributed by atoms with Crippen molar-refractivity contribution in [3.05, 3.63) is 41.5 Å². The molecule has 0 atom stereocenters. The lowest BCUT2D eigenvalue weighted by Crippen LogP contribution is -1.88.